The molecule has 1 aromatic carbocycles. The van der Waals surface area contributed by atoms with Crippen LogP contribution in [0.4, 0.5) is 0 Å². The molecule has 0 saturated carbocycles. The first kappa shape index (κ1) is 19.5. The molecule has 0 heterocycles. The third-order valence-corrected chi connectivity index (χ3v) is 4.28. The van der Waals surface area contributed by atoms with E-state index < -0.39 is 10.0 Å². The Kier molecular flexibility index (Phi) is 7.55. The SMILES string of the molecule is CCOc1ccc(S(=O)(=O)NN=C(CC(C)C)CC(C)C)cc1. The Balaban J connectivity index is 2.87. The van der Waals surface area contributed by atoms with E-state index in [2.05, 4.69) is 37.6 Å². The average Bonchev–Trinajstić information content (AvgIpc) is 2.45. The molecule has 1 N–H and O–H groups in total. The van der Waals surface area contributed by atoms with Gasteiger partial charge < -0.3 is 4.74 Å². The molecule has 0 aromatic heterocycles. The van der Waals surface area contributed by atoms with Crippen LogP contribution in [0.3, 0.4) is 0 Å². The predicted octanol–water partition coefficient (Wildman–Crippen LogP) is 3.81. The summed E-state index contributed by atoms with van der Waals surface area (Å²) in [5.41, 5.74) is 0.879. The van der Waals surface area contributed by atoms with Crippen molar-refractivity contribution in [2.75, 3.05) is 6.61 Å². The number of nitrogens with one attached hydrogen (secondary N) is 1. The zero-order valence-electron chi connectivity index (χ0n) is 14.7. The summed E-state index contributed by atoms with van der Waals surface area (Å²) in [5.74, 6) is 1.51. The molecule has 1 rings (SSSR count). The average molecular weight is 340 g/mol. The molecule has 0 aliphatic carbocycles. The predicted molar refractivity (Wildman–Crippen MR) is 94.3 cm³/mol. The molecule has 130 valence electrons. The Morgan fingerprint density at radius 3 is 2.04 bits per heavy atom. The van der Waals surface area contributed by atoms with Crippen LogP contribution in [0.15, 0.2) is 34.3 Å². The van der Waals surface area contributed by atoms with Crippen LogP contribution in [0.25, 0.3) is 0 Å². The highest BCUT2D eigenvalue weighted by Crippen LogP contribution is 2.16. The van der Waals surface area contributed by atoms with Gasteiger partial charge in [0.15, 0.2) is 0 Å². The van der Waals surface area contributed by atoms with Gasteiger partial charge in [-0.2, -0.15) is 13.5 Å². The number of sulfonamides is 1. The van der Waals surface area contributed by atoms with Crippen LogP contribution >= 0.6 is 0 Å². The van der Waals surface area contributed by atoms with Crippen LogP contribution in [-0.2, 0) is 10.0 Å². The molecular weight excluding hydrogens is 312 g/mol. The van der Waals surface area contributed by atoms with Crippen molar-refractivity contribution in [3.05, 3.63) is 24.3 Å². The van der Waals surface area contributed by atoms with Crippen molar-refractivity contribution in [1.29, 1.82) is 0 Å². The minimum Gasteiger partial charge on any atom is -0.494 e. The van der Waals surface area contributed by atoms with Gasteiger partial charge in [0.05, 0.1) is 11.5 Å². The van der Waals surface area contributed by atoms with Gasteiger partial charge in [-0.1, -0.05) is 27.7 Å². The largest absolute Gasteiger partial charge is 0.494 e. The molecule has 0 aliphatic heterocycles. The minimum atomic E-state index is -3.65. The zero-order valence-corrected chi connectivity index (χ0v) is 15.5. The lowest BCUT2D eigenvalue weighted by Gasteiger charge is -2.12. The Morgan fingerprint density at radius 2 is 1.61 bits per heavy atom. The van der Waals surface area contributed by atoms with Gasteiger partial charge >= 0.3 is 0 Å². The molecule has 0 radical (unpaired) electrons. The van der Waals surface area contributed by atoms with Crippen LogP contribution < -0.4 is 9.57 Å². The van der Waals surface area contributed by atoms with Crippen molar-refractivity contribution >= 4 is 15.7 Å². The maximum atomic E-state index is 12.3. The van der Waals surface area contributed by atoms with E-state index >= 15 is 0 Å². The number of rotatable bonds is 9. The van der Waals surface area contributed by atoms with E-state index in [9.17, 15) is 8.42 Å². The van der Waals surface area contributed by atoms with E-state index in [1.807, 2.05) is 6.92 Å². The maximum Gasteiger partial charge on any atom is 0.276 e. The molecule has 5 nitrogen and oxygen atoms in total. The third-order valence-electron chi connectivity index (χ3n) is 3.06. The van der Waals surface area contributed by atoms with Gasteiger partial charge in [-0.25, -0.2) is 4.83 Å². The summed E-state index contributed by atoms with van der Waals surface area (Å²) in [7, 11) is -3.65. The highest BCUT2D eigenvalue weighted by atomic mass is 32.2. The number of hydrogen-bond donors (Lipinski definition) is 1. The standard InChI is InChI=1S/C17H28N2O3S/c1-6-22-16-7-9-17(10-8-16)23(20,21)19-18-15(11-13(2)3)12-14(4)5/h7-10,13-14,19H,6,11-12H2,1-5H3. The first-order chi connectivity index (χ1) is 10.7. The van der Waals surface area contributed by atoms with Crippen LogP contribution in [-0.4, -0.2) is 20.7 Å². The second-order valence-electron chi connectivity index (χ2n) is 6.37. The fourth-order valence-corrected chi connectivity index (χ4v) is 3.03. The Morgan fingerprint density at radius 1 is 1.09 bits per heavy atom. The van der Waals surface area contributed by atoms with Crippen molar-refractivity contribution in [3.63, 3.8) is 0 Å². The van der Waals surface area contributed by atoms with E-state index in [0.29, 0.717) is 24.2 Å². The van der Waals surface area contributed by atoms with Crippen molar-refractivity contribution in [1.82, 2.24) is 4.83 Å². The fourth-order valence-electron chi connectivity index (χ4n) is 2.18. The van der Waals surface area contributed by atoms with Crippen molar-refractivity contribution in [3.8, 4) is 5.75 Å². The molecule has 0 atom stereocenters. The monoisotopic (exact) mass is 340 g/mol. The highest BCUT2D eigenvalue weighted by Gasteiger charge is 2.14. The quantitative estimate of drug-likeness (QED) is 0.549. The summed E-state index contributed by atoms with van der Waals surface area (Å²) >= 11 is 0. The summed E-state index contributed by atoms with van der Waals surface area (Å²) < 4.78 is 30.0. The Hall–Kier alpha value is -1.56. The first-order valence-corrected chi connectivity index (χ1v) is 9.53. The molecule has 0 saturated heterocycles. The molecule has 0 aliphatic rings. The first-order valence-electron chi connectivity index (χ1n) is 8.04. The topological polar surface area (TPSA) is 67.8 Å². The third kappa shape index (κ3) is 7.03. The van der Waals surface area contributed by atoms with Crippen LogP contribution in [0.2, 0.25) is 0 Å². The lowest BCUT2D eigenvalue weighted by atomic mass is 9.99. The van der Waals surface area contributed by atoms with E-state index in [4.69, 9.17) is 4.74 Å². The molecule has 0 unspecified atom stereocenters. The van der Waals surface area contributed by atoms with Crippen molar-refractivity contribution < 1.29 is 13.2 Å². The summed E-state index contributed by atoms with van der Waals surface area (Å²) in [6.07, 6.45) is 1.56. The van der Waals surface area contributed by atoms with Gasteiger partial charge in [-0.05, 0) is 55.9 Å². The van der Waals surface area contributed by atoms with E-state index in [-0.39, 0.29) is 4.90 Å². The molecule has 1 aromatic rings. The normalized spacial score (nSPS) is 11.6. The van der Waals surface area contributed by atoms with Crippen LogP contribution in [0, 0.1) is 11.8 Å². The molecule has 23 heavy (non-hydrogen) atoms. The van der Waals surface area contributed by atoms with Gasteiger partial charge in [-0.3, -0.25) is 0 Å². The minimum absolute atomic E-state index is 0.179. The van der Waals surface area contributed by atoms with E-state index in [1.54, 1.807) is 12.1 Å². The number of benzene rings is 1. The lowest BCUT2D eigenvalue weighted by molar-refractivity contribution is 0.340. The molecule has 6 heteroatoms. The molecule has 0 spiro atoms. The number of hydrogen-bond acceptors (Lipinski definition) is 4. The second kappa shape index (κ2) is 8.91. The van der Waals surface area contributed by atoms with Crippen molar-refractivity contribution in [2.45, 2.75) is 52.4 Å². The van der Waals surface area contributed by atoms with E-state index in [0.717, 1.165) is 18.6 Å². The van der Waals surface area contributed by atoms with Gasteiger partial charge in [0.25, 0.3) is 10.0 Å². The van der Waals surface area contributed by atoms with Gasteiger partial charge in [0.2, 0.25) is 0 Å². The summed E-state index contributed by atoms with van der Waals surface area (Å²) in [4.78, 5) is 2.54. The zero-order chi connectivity index (χ0) is 17.5. The molecule has 0 bridgehead atoms. The van der Waals surface area contributed by atoms with Gasteiger partial charge in [0, 0.05) is 5.71 Å². The van der Waals surface area contributed by atoms with Crippen LogP contribution in [0.5, 0.6) is 5.75 Å². The number of nitrogens with zero attached hydrogens (tertiary/aromatic N) is 1. The summed E-state index contributed by atoms with van der Waals surface area (Å²) in [6.45, 7) is 10.8. The molecule has 0 fully saturated rings. The number of hydrazone groups is 1. The van der Waals surface area contributed by atoms with E-state index in [1.165, 1.54) is 12.1 Å². The number of ether oxygens (including phenoxy) is 1. The van der Waals surface area contributed by atoms with Crippen molar-refractivity contribution in [2.24, 2.45) is 16.9 Å². The second-order valence-corrected chi connectivity index (χ2v) is 8.03. The highest BCUT2D eigenvalue weighted by molar-refractivity contribution is 7.89. The summed E-state index contributed by atoms with van der Waals surface area (Å²) in [6, 6.07) is 6.33. The smallest absolute Gasteiger partial charge is 0.276 e. The Labute approximate surface area is 140 Å². The van der Waals surface area contributed by atoms with Gasteiger partial charge in [0.1, 0.15) is 5.75 Å². The Bertz CT molecular complexity index is 593. The fraction of sp³-hybridized carbons (Fsp3) is 0.588. The summed E-state index contributed by atoms with van der Waals surface area (Å²) in [5, 5.41) is 4.16. The van der Waals surface area contributed by atoms with Gasteiger partial charge in [-0.15, -0.1) is 0 Å². The maximum absolute atomic E-state index is 12.3. The lowest BCUT2D eigenvalue weighted by Crippen LogP contribution is -2.21. The molecule has 0 amide bonds. The van der Waals surface area contributed by atoms with Crippen LogP contribution in [0.1, 0.15) is 47.5 Å². The molecular formula is C17H28N2O3S.